The standard InChI is InChI=1S/C84H63N3/c1-83(2)75-29-19-31-81(86(67-45-36-61(37-46-67)58-24-13-7-14-25-58)68-47-38-62(39-48-68)63-40-51-80-73(52-63)71-28-17-18-30-79(71)87(80)64-26-15-8-16-27-64)82(75)74-55-77-72(54-78(74)83)70-50-49-69(53-76(70)84(77,3)4)85(65-41-32-59(33-42-65)56-20-9-5-10-21-56)66-43-34-60(35-44-66)57-22-11-6-12-23-57/h5-55H,1-4H3. The zero-order valence-electron chi connectivity index (χ0n) is 49.3. The van der Waals surface area contributed by atoms with Crippen LogP contribution in [0, 0.1) is 0 Å². The van der Waals surface area contributed by atoms with Crippen LogP contribution in [-0.2, 0) is 10.8 Å². The van der Waals surface area contributed by atoms with Crippen molar-refractivity contribution in [3.8, 4) is 72.4 Å². The molecule has 3 nitrogen and oxygen atoms in total. The van der Waals surface area contributed by atoms with Gasteiger partial charge in [0.25, 0.3) is 0 Å². The summed E-state index contributed by atoms with van der Waals surface area (Å²) in [6.07, 6.45) is 0. The fraction of sp³-hybridized carbons (Fsp3) is 0.0714. The minimum atomic E-state index is -0.306. The Kier molecular flexibility index (Phi) is 12.2. The monoisotopic (exact) mass is 1110 g/mol. The highest BCUT2D eigenvalue weighted by atomic mass is 15.1. The van der Waals surface area contributed by atoms with Crippen LogP contribution in [0.25, 0.3) is 94.3 Å². The molecule has 0 atom stereocenters. The van der Waals surface area contributed by atoms with Gasteiger partial charge >= 0.3 is 0 Å². The number of anilines is 6. The quantitative estimate of drug-likeness (QED) is 0.128. The molecule has 0 bridgehead atoms. The zero-order valence-corrected chi connectivity index (χ0v) is 49.3. The highest BCUT2D eigenvalue weighted by Crippen LogP contribution is 2.59. The Labute approximate surface area is 510 Å². The summed E-state index contributed by atoms with van der Waals surface area (Å²) in [7, 11) is 0. The van der Waals surface area contributed by atoms with Gasteiger partial charge in [0, 0.05) is 61.3 Å². The van der Waals surface area contributed by atoms with Gasteiger partial charge in [-0.25, -0.2) is 0 Å². The Morgan fingerprint density at radius 3 is 1.21 bits per heavy atom. The summed E-state index contributed by atoms with van der Waals surface area (Å²) in [5, 5.41) is 2.49. The molecule has 3 heteroatoms. The molecule has 0 unspecified atom stereocenters. The van der Waals surface area contributed by atoms with Crippen molar-refractivity contribution in [2.45, 2.75) is 38.5 Å². The van der Waals surface area contributed by atoms with Crippen LogP contribution in [0.1, 0.15) is 49.9 Å². The molecule has 1 aromatic heterocycles. The lowest BCUT2D eigenvalue weighted by Gasteiger charge is -2.29. The first kappa shape index (κ1) is 51.9. The van der Waals surface area contributed by atoms with Gasteiger partial charge in [0.1, 0.15) is 0 Å². The van der Waals surface area contributed by atoms with E-state index < -0.39 is 0 Å². The molecule has 0 N–H and O–H groups in total. The Bertz CT molecular complexity index is 4820. The van der Waals surface area contributed by atoms with Crippen LogP contribution in [0.15, 0.2) is 309 Å². The summed E-state index contributed by atoms with van der Waals surface area (Å²) in [6, 6.07) is 114. The Balaban J connectivity index is 0.797. The molecule has 0 saturated heterocycles. The normalized spacial score (nSPS) is 13.2. The van der Waals surface area contributed by atoms with E-state index in [-0.39, 0.29) is 10.8 Å². The van der Waals surface area contributed by atoms with E-state index in [1.54, 1.807) is 0 Å². The van der Waals surface area contributed by atoms with Crippen molar-refractivity contribution >= 4 is 55.9 Å². The summed E-state index contributed by atoms with van der Waals surface area (Å²) in [5.74, 6) is 0. The number of hydrogen-bond donors (Lipinski definition) is 0. The van der Waals surface area contributed by atoms with Crippen molar-refractivity contribution in [3.63, 3.8) is 0 Å². The Hall–Kier alpha value is -10.7. The first-order chi connectivity index (χ1) is 42.7. The van der Waals surface area contributed by atoms with Crippen molar-refractivity contribution < 1.29 is 0 Å². The van der Waals surface area contributed by atoms with Crippen molar-refractivity contribution in [2.75, 3.05) is 9.80 Å². The van der Waals surface area contributed by atoms with Gasteiger partial charge in [0.15, 0.2) is 0 Å². The van der Waals surface area contributed by atoms with Crippen molar-refractivity contribution in [1.82, 2.24) is 4.57 Å². The third-order valence-corrected chi connectivity index (χ3v) is 18.8. The summed E-state index contributed by atoms with van der Waals surface area (Å²) < 4.78 is 2.38. The van der Waals surface area contributed by atoms with Gasteiger partial charge < -0.3 is 14.4 Å². The van der Waals surface area contributed by atoms with Crippen LogP contribution in [0.3, 0.4) is 0 Å². The number of benzene rings is 13. The van der Waals surface area contributed by atoms with E-state index in [1.165, 1.54) is 111 Å². The molecule has 13 aromatic carbocycles. The molecule has 414 valence electrons. The number of nitrogens with zero attached hydrogens (tertiary/aromatic N) is 3. The predicted molar refractivity (Wildman–Crippen MR) is 367 cm³/mol. The van der Waals surface area contributed by atoms with Gasteiger partial charge in [0.2, 0.25) is 0 Å². The number of aromatic nitrogens is 1. The van der Waals surface area contributed by atoms with E-state index in [4.69, 9.17) is 0 Å². The number of hydrogen-bond acceptors (Lipinski definition) is 2. The summed E-state index contributed by atoms with van der Waals surface area (Å²) in [6.45, 7) is 9.69. The summed E-state index contributed by atoms with van der Waals surface area (Å²) in [4.78, 5) is 4.92. The maximum atomic E-state index is 2.56. The fourth-order valence-corrected chi connectivity index (χ4v) is 14.3. The lowest BCUT2D eigenvalue weighted by Crippen LogP contribution is -2.17. The molecule has 0 saturated carbocycles. The van der Waals surface area contributed by atoms with E-state index in [0.717, 1.165) is 39.8 Å². The fourth-order valence-electron chi connectivity index (χ4n) is 14.3. The van der Waals surface area contributed by atoms with Gasteiger partial charge in [-0.2, -0.15) is 0 Å². The molecule has 0 radical (unpaired) electrons. The molecule has 2 aliphatic rings. The molecule has 16 rings (SSSR count). The third kappa shape index (κ3) is 8.64. The van der Waals surface area contributed by atoms with Crippen LogP contribution in [0.2, 0.25) is 0 Å². The third-order valence-electron chi connectivity index (χ3n) is 18.8. The molecule has 2 aliphatic carbocycles. The van der Waals surface area contributed by atoms with Gasteiger partial charge in [-0.15, -0.1) is 0 Å². The van der Waals surface area contributed by atoms with Crippen molar-refractivity contribution in [2.24, 2.45) is 0 Å². The lowest BCUT2D eigenvalue weighted by atomic mass is 9.79. The van der Waals surface area contributed by atoms with Crippen LogP contribution >= 0.6 is 0 Å². The maximum absolute atomic E-state index is 2.56. The Morgan fingerprint density at radius 2 is 0.655 bits per heavy atom. The smallest absolute Gasteiger partial charge is 0.0543 e. The van der Waals surface area contributed by atoms with Gasteiger partial charge in [-0.1, -0.05) is 228 Å². The second kappa shape index (κ2) is 20.5. The molecule has 14 aromatic rings. The van der Waals surface area contributed by atoms with Gasteiger partial charge in [-0.05, 0) is 193 Å². The van der Waals surface area contributed by atoms with Gasteiger partial charge in [0.05, 0.1) is 16.7 Å². The minimum Gasteiger partial charge on any atom is -0.310 e. The van der Waals surface area contributed by atoms with Gasteiger partial charge in [-0.3, -0.25) is 0 Å². The van der Waals surface area contributed by atoms with E-state index in [2.05, 4.69) is 351 Å². The first-order valence-electron chi connectivity index (χ1n) is 30.4. The summed E-state index contributed by atoms with van der Waals surface area (Å²) >= 11 is 0. The predicted octanol–water partition coefficient (Wildman–Crippen LogP) is 23.0. The van der Waals surface area contributed by atoms with E-state index >= 15 is 0 Å². The number of rotatable bonds is 11. The average molecular weight is 1110 g/mol. The summed E-state index contributed by atoms with van der Waals surface area (Å²) in [5.41, 5.74) is 29.8. The topological polar surface area (TPSA) is 11.4 Å². The molecule has 87 heavy (non-hydrogen) atoms. The van der Waals surface area contributed by atoms with Crippen LogP contribution in [0.4, 0.5) is 34.1 Å². The highest BCUT2D eigenvalue weighted by Gasteiger charge is 2.43. The highest BCUT2D eigenvalue weighted by molar-refractivity contribution is 6.10. The molecule has 0 spiro atoms. The van der Waals surface area contributed by atoms with E-state index in [0.29, 0.717) is 0 Å². The lowest BCUT2D eigenvalue weighted by molar-refractivity contribution is 0.652. The SMILES string of the molecule is CC1(C)c2cc(N(c3ccc(-c4ccccc4)cc3)c3ccc(-c4ccccc4)cc3)ccc2-c2cc3c(cc21)-c1c(N(c2ccc(-c4ccccc4)cc2)c2ccc(-c4ccc5c(c4)c4ccccc4n5-c4ccccc4)cc2)cccc1C3(C)C. The number of fused-ring (bicyclic) bond motifs is 9. The average Bonchev–Trinajstić information content (AvgIpc) is 1.62. The second-order valence-corrected chi connectivity index (χ2v) is 24.5. The largest absolute Gasteiger partial charge is 0.310 e. The second-order valence-electron chi connectivity index (χ2n) is 24.5. The van der Waals surface area contributed by atoms with Crippen LogP contribution in [0.5, 0.6) is 0 Å². The maximum Gasteiger partial charge on any atom is 0.0543 e. The molecular weight excluding hydrogens is 1050 g/mol. The van der Waals surface area contributed by atoms with Crippen LogP contribution in [-0.4, -0.2) is 4.57 Å². The molecule has 0 amide bonds. The molecule has 0 aliphatic heterocycles. The zero-order chi connectivity index (χ0) is 58.4. The van der Waals surface area contributed by atoms with Crippen LogP contribution < -0.4 is 9.80 Å². The minimum absolute atomic E-state index is 0.272. The van der Waals surface area contributed by atoms with Crippen molar-refractivity contribution in [1.29, 1.82) is 0 Å². The van der Waals surface area contributed by atoms with E-state index in [1.807, 2.05) is 0 Å². The van der Waals surface area contributed by atoms with Crippen molar-refractivity contribution in [3.05, 3.63) is 332 Å². The molecule has 1 heterocycles. The number of para-hydroxylation sites is 2. The molecular formula is C84H63N3. The van der Waals surface area contributed by atoms with E-state index in [9.17, 15) is 0 Å². The first-order valence-corrected chi connectivity index (χ1v) is 30.4. The molecule has 0 fully saturated rings. The Morgan fingerprint density at radius 1 is 0.253 bits per heavy atom.